The van der Waals surface area contributed by atoms with Gasteiger partial charge in [0, 0.05) is 13.0 Å². The number of ether oxygens (including phenoxy) is 2. The molecule has 1 aliphatic heterocycles. The maximum Gasteiger partial charge on any atom is 0.160 e. The molecule has 0 bridgehead atoms. The highest BCUT2D eigenvalue weighted by Gasteiger charge is 2.36. The van der Waals surface area contributed by atoms with Crippen LogP contribution >= 0.6 is 0 Å². The van der Waals surface area contributed by atoms with Gasteiger partial charge in [0.2, 0.25) is 0 Å². The number of hydrogen-bond acceptors (Lipinski definition) is 5. The predicted octanol–water partition coefficient (Wildman–Crippen LogP) is 2.75. The van der Waals surface area contributed by atoms with Crippen molar-refractivity contribution >= 4 is 0 Å². The van der Waals surface area contributed by atoms with E-state index in [1.807, 2.05) is 0 Å². The lowest BCUT2D eigenvalue weighted by molar-refractivity contribution is -0.256. The Morgan fingerprint density at radius 2 is 1.48 bits per heavy atom. The summed E-state index contributed by atoms with van der Waals surface area (Å²) in [5.41, 5.74) is 0. The minimum absolute atomic E-state index is 0.259. The van der Waals surface area contributed by atoms with Gasteiger partial charge in [-0.1, -0.05) is 64.7 Å². The van der Waals surface area contributed by atoms with Crippen molar-refractivity contribution in [2.24, 2.45) is 0 Å². The molecule has 0 spiro atoms. The Bertz CT molecular complexity index is 274. The van der Waals surface area contributed by atoms with Crippen LogP contribution < -0.4 is 0 Å². The van der Waals surface area contributed by atoms with Crippen molar-refractivity contribution in [2.45, 2.75) is 102 Å². The summed E-state index contributed by atoms with van der Waals surface area (Å²) in [5.74, 6) is 0. The van der Waals surface area contributed by atoms with Gasteiger partial charge >= 0.3 is 0 Å². The molecule has 0 saturated carbocycles. The summed E-state index contributed by atoms with van der Waals surface area (Å²) in [6, 6.07) is 0. The molecule has 0 aromatic heterocycles. The summed E-state index contributed by atoms with van der Waals surface area (Å²) < 4.78 is 11.0. The molecule has 5 nitrogen and oxygen atoms in total. The molecule has 0 unspecified atom stereocenters. The van der Waals surface area contributed by atoms with Crippen LogP contribution in [0.4, 0.5) is 0 Å². The molecular formula is C18H36O5. The minimum Gasteiger partial charge on any atom is -0.394 e. The maximum atomic E-state index is 9.71. The van der Waals surface area contributed by atoms with Gasteiger partial charge in [0.15, 0.2) is 6.29 Å². The van der Waals surface area contributed by atoms with E-state index >= 15 is 0 Å². The molecule has 3 N–H and O–H groups in total. The van der Waals surface area contributed by atoms with Crippen LogP contribution in [0.5, 0.6) is 0 Å². The fourth-order valence-corrected chi connectivity index (χ4v) is 2.98. The van der Waals surface area contributed by atoms with E-state index in [0.717, 1.165) is 12.8 Å². The SMILES string of the molecule is CCCCCCCCCCCCO[C@H]1C[C@@H](O)[C@H](O)[C@@H](CO)O1. The molecule has 0 aliphatic carbocycles. The molecule has 1 saturated heterocycles. The Morgan fingerprint density at radius 3 is 2.04 bits per heavy atom. The Hall–Kier alpha value is -0.200. The third-order valence-electron chi connectivity index (χ3n) is 4.52. The van der Waals surface area contributed by atoms with Crippen LogP contribution in [0.15, 0.2) is 0 Å². The largest absolute Gasteiger partial charge is 0.394 e. The van der Waals surface area contributed by atoms with E-state index in [2.05, 4.69) is 6.92 Å². The van der Waals surface area contributed by atoms with Crippen molar-refractivity contribution in [3.05, 3.63) is 0 Å². The zero-order valence-electron chi connectivity index (χ0n) is 14.7. The lowest BCUT2D eigenvalue weighted by Gasteiger charge is -2.36. The van der Waals surface area contributed by atoms with Crippen molar-refractivity contribution in [3.63, 3.8) is 0 Å². The van der Waals surface area contributed by atoms with Gasteiger partial charge in [-0.05, 0) is 6.42 Å². The zero-order chi connectivity index (χ0) is 16.9. The molecule has 0 aromatic carbocycles. The second-order valence-corrected chi connectivity index (χ2v) is 6.63. The molecule has 0 amide bonds. The third kappa shape index (κ3) is 9.01. The highest BCUT2D eigenvalue weighted by Crippen LogP contribution is 2.21. The predicted molar refractivity (Wildman–Crippen MR) is 90.2 cm³/mol. The van der Waals surface area contributed by atoms with Gasteiger partial charge in [0.25, 0.3) is 0 Å². The van der Waals surface area contributed by atoms with Crippen LogP contribution in [-0.4, -0.2) is 53.1 Å². The third-order valence-corrected chi connectivity index (χ3v) is 4.52. The fourth-order valence-electron chi connectivity index (χ4n) is 2.98. The summed E-state index contributed by atoms with van der Waals surface area (Å²) >= 11 is 0. The van der Waals surface area contributed by atoms with Gasteiger partial charge in [-0.3, -0.25) is 0 Å². The number of aliphatic hydroxyl groups excluding tert-OH is 3. The van der Waals surface area contributed by atoms with Crippen LogP contribution in [0.3, 0.4) is 0 Å². The molecule has 1 aliphatic rings. The van der Waals surface area contributed by atoms with Crippen molar-refractivity contribution in [1.29, 1.82) is 0 Å². The van der Waals surface area contributed by atoms with Crippen molar-refractivity contribution < 1.29 is 24.8 Å². The monoisotopic (exact) mass is 332 g/mol. The summed E-state index contributed by atoms with van der Waals surface area (Å²) in [6.45, 7) is 2.53. The first-order chi connectivity index (χ1) is 11.2. The van der Waals surface area contributed by atoms with Gasteiger partial charge in [-0.15, -0.1) is 0 Å². The minimum atomic E-state index is -1.03. The molecule has 23 heavy (non-hydrogen) atoms. The lowest BCUT2D eigenvalue weighted by atomic mass is 10.0. The topological polar surface area (TPSA) is 79.2 Å². The fraction of sp³-hybridized carbons (Fsp3) is 1.00. The van der Waals surface area contributed by atoms with Gasteiger partial charge in [-0.2, -0.15) is 0 Å². The average molecular weight is 332 g/mol. The molecule has 1 heterocycles. The Balaban J connectivity index is 1.93. The Labute approximate surface area is 141 Å². The lowest BCUT2D eigenvalue weighted by Crippen LogP contribution is -2.50. The molecule has 138 valence electrons. The van der Waals surface area contributed by atoms with E-state index in [0.29, 0.717) is 6.61 Å². The van der Waals surface area contributed by atoms with E-state index in [9.17, 15) is 10.2 Å². The standard InChI is InChI=1S/C18H36O5/c1-2-3-4-5-6-7-8-9-10-11-12-22-17-13-15(20)18(21)16(14-19)23-17/h15-21H,2-14H2,1H3/t15-,16-,17-,18+/m1/s1. The average Bonchev–Trinajstić information content (AvgIpc) is 2.55. The van der Waals surface area contributed by atoms with E-state index in [1.54, 1.807) is 0 Å². The van der Waals surface area contributed by atoms with Gasteiger partial charge in [0.05, 0.1) is 12.7 Å². The number of hydrogen-bond donors (Lipinski definition) is 3. The number of rotatable bonds is 13. The first-order valence-electron chi connectivity index (χ1n) is 9.43. The molecule has 5 heteroatoms. The first kappa shape index (κ1) is 20.8. The summed E-state index contributed by atoms with van der Waals surface area (Å²) in [4.78, 5) is 0. The van der Waals surface area contributed by atoms with Crippen LogP contribution in [0.2, 0.25) is 0 Å². The summed E-state index contributed by atoms with van der Waals surface area (Å²) in [6.07, 6.45) is 9.83. The normalized spacial score (nSPS) is 28.2. The number of unbranched alkanes of at least 4 members (excludes halogenated alkanes) is 9. The van der Waals surface area contributed by atoms with E-state index < -0.39 is 24.6 Å². The van der Waals surface area contributed by atoms with E-state index in [-0.39, 0.29) is 13.0 Å². The van der Waals surface area contributed by atoms with Crippen LogP contribution in [0.25, 0.3) is 0 Å². The van der Waals surface area contributed by atoms with Crippen molar-refractivity contribution in [2.75, 3.05) is 13.2 Å². The second kappa shape index (κ2) is 13.1. The molecule has 1 rings (SSSR count). The van der Waals surface area contributed by atoms with E-state index in [1.165, 1.54) is 51.4 Å². The second-order valence-electron chi connectivity index (χ2n) is 6.63. The van der Waals surface area contributed by atoms with Crippen LogP contribution in [0, 0.1) is 0 Å². The number of aliphatic hydroxyl groups is 3. The highest BCUT2D eigenvalue weighted by atomic mass is 16.7. The molecule has 0 aromatic rings. The van der Waals surface area contributed by atoms with E-state index in [4.69, 9.17) is 14.6 Å². The molecule has 1 fully saturated rings. The maximum absolute atomic E-state index is 9.71. The Morgan fingerprint density at radius 1 is 0.913 bits per heavy atom. The van der Waals surface area contributed by atoms with Gasteiger partial charge < -0.3 is 24.8 Å². The van der Waals surface area contributed by atoms with Crippen LogP contribution in [0.1, 0.15) is 77.6 Å². The molecular weight excluding hydrogens is 296 g/mol. The Kier molecular flexibility index (Phi) is 11.9. The highest BCUT2D eigenvalue weighted by molar-refractivity contribution is 4.82. The smallest absolute Gasteiger partial charge is 0.160 e. The first-order valence-corrected chi connectivity index (χ1v) is 9.43. The molecule has 0 radical (unpaired) electrons. The summed E-state index contributed by atoms with van der Waals surface area (Å²) in [5, 5.41) is 28.4. The van der Waals surface area contributed by atoms with Crippen molar-refractivity contribution in [3.8, 4) is 0 Å². The van der Waals surface area contributed by atoms with Gasteiger partial charge in [-0.25, -0.2) is 0 Å². The quantitative estimate of drug-likeness (QED) is 0.452. The zero-order valence-corrected chi connectivity index (χ0v) is 14.7. The van der Waals surface area contributed by atoms with Crippen LogP contribution in [-0.2, 0) is 9.47 Å². The molecule has 4 atom stereocenters. The van der Waals surface area contributed by atoms with Crippen molar-refractivity contribution in [1.82, 2.24) is 0 Å². The summed E-state index contributed by atoms with van der Waals surface area (Å²) in [7, 11) is 0. The van der Waals surface area contributed by atoms with Gasteiger partial charge in [0.1, 0.15) is 12.2 Å².